The van der Waals surface area contributed by atoms with E-state index in [9.17, 15) is 4.79 Å². The normalized spacial score (nSPS) is 21.4. The van der Waals surface area contributed by atoms with Crippen molar-refractivity contribution < 1.29 is 9.53 Å². The molecule has 1 aliphatic carbocycles. The summed E-state index contributed by atoms with van der Waals surface area (Å²) in [5, 5.41) is 0. The van der Waals surface area contributed by atoms with Gasteiger partial charge in [0, 0.05) is 0 Å². The highest BCUT2D eigenvalue weighted by Crippen LogP contribution is 2.53. The minimum Gasteiger partial charge on any atom is -0.426 e. The first-order valence-electron chi connectivity index (χ1n) is 5.60. The van der Waals surface area contributed by atoms with Gasteiger partial charge in [0.25, 0.3) is 0 Å². The lowest BCUT2D eigenvalue weighted by Crippen LogP contribution is -2.15. The monoisotopic (exact) mass is 272 g/mol. The fourth-order valence-electron chi connectivity index (χ4n) is 1.70. The third kappa shape index (κ3) is 2.75. The number of alkyl halides is 2. The molecule has 0 heterocycles. The molecule has 1 aliphatic rings. The molecule has 0 spiro atoms. The molecule has 1 aromatic carbocycles. The molecule has 2 rings (SSSR count). The van der Waals surface area contributed by atoms with Crippen molar-refractivity contribution in [1.29, 1.82) is 0 Å². The van der Waals surface area contributed by atoms with Crippen LogP contribution in [0.2, 0.25) is 0 Å². The van der Waals surface area contributed by atoms with Crippen LogP contribution in [0.5, 0.6) is 5.75 Å². The smallest absolute Gasteiger partial charge is 0.317 e. The van der Waals surface area contributed by atoms with Crippen molar-refractivity contribution in [1.82, 2.24) is 0 Å². The first-order valence-corrected chi connectivity index (χ1v) is 6.36. The summed E-state index contributed by atoms with van der Waals surface area (Å²) in [5.74, 6) is 0.160. The Morgan fingerprint density at radius 1 is 1.41 bits per heavy atom. The lowest BCUT2D eigenvalue weighted by molar-refractivity contribution is -0.135. The molecule has 1 unspecified atom stereocenters. The SMILES string of the molecule is CC(C)c1ccccc1OC(=O)C1CC1(Cl)Cl. The van der Waals surface area contributed by atoms with Crippen molar-refractivity contribution in [3.63, 3.8) is 0 Å². The second kappa shape index (κ2) is 4.51. The van der Waals surface area contributed by atoms with Crippen molar-refractivity contribution in [2.75, 3.05) is 0 Å². The topological polar surface area (TPSA) is 26.3 Å². The number of esters is 1. The molecule has 0 aliphatic heterocycles. The van der Waals surface area contributed by atoms with Crippen LogP contribution >= 0.6 is 23.2 Å². The quantitative estimate of drug-likeness (QED) is 0.474. The molecule has 1 aromatic rings. The van der Waals surface area contributed by atoms with Gasteiger partial charge in [-0.05, 0) is 24.0 Å². The van der Waals surface area contributed by atoms with E-state index in [1.165, 1.54) is 0 Å². The average molecular weight is 273 g/mol. The Bertz CT molecular complexity index is 441. The molecule has 0 N–H and O–H groups in total. The molecule has 1 atom stereocenters. The summed E-state index contributed by atoms with van der Waals surface area (Å²) in [6.45, 7) is 4.11. The van der Waals surface area contributed by atoms with Crippen LogP contribution in [0.4, 0.5) is 0 Å². The van der Waals surface area contributed by atoms with E-state index in [2.05, 4.69) is 13.8 Å². The zero-order valence-electron chi connectivity index (χ0n) is 9.74. The van der Waals surface area contributed by atoms with Gasteiger partial charge in [0.15, 0.2) is 0 Å². The number of carbonyl (C=O) groups excluding carboxylic acids is 1. The Morgan fingerprint density at radius 2 is 2.00 bits per heavy atom. The Morgan fingerprint density at radius 3 is 2.53 bits per heavy atom. The summed E-state index contributed by atoms with van der Waals surface area (Å²) in [7, 11) is 0. The predicted octanol–water partition coefficient (Wildman–Crippen LogP) is 3.91. The molecule has 1 saturated carbocycles. The van der Waals surface area contributed by atoms with E-state index in [4.69, 9.17) is 27.9 Å². The van der Waals surface area contributed by atoms with Gasteiger partial charge >= 0.3 is 5.97 Å². The number of para-hydroxylation sites is 1. The third-order valence-corrected chi connectivity index (χ3v) is 3.70. The molecular formula is C13H14Cl2O2. The van der Waals surface area contributed by atoms with Gasteiger partial charge in [0.2, 0.25) is 0 Å². The molecule has 0 amide bonds. The van der Waals surface area contributed by atoms with E-state index >= 15 is 0 Å². The number of ether oxygens (including phenoxy) is 1. The van der Waals surface area contributed by atoms with E-state index in [0.717, 1.165) is 5.56 Å². The van der Waals surface area contributed by atoms with Crippen LogP contribution in [0.15, 0.2) is 24.3 Å². The molecule has 92 valence electrons. The number of hydrogen-bond acceptors (Lipinski definition) is 2. The van der Waals surface area contributed by atoms with Crippen molar-refractivity contribution in [3.05, 3.63) is 29.8 Å². The maximum Gasteiger partial charge on any atom is 0.317 e. The molecule has 1 fully saturated rings. The van der Waals surface area contributed by atoms with Crippen LogP contribution < -0.4 is 4.74 Å². The maximum atomic E-state index is 11.8. The van der Waals surface area contributed by atoms with Crippen LogP contribution in [-0.4, -0.2) is 10.3 Å². The van der Waals surface area contributed by atoms with Gasteiger partial charge in [-0.25, -0.2) is 0 Å². The fourth-order valence-corrected chi connectivity index (χ4v) is 2.19. The van der Waals surface area contributed by atoms with Gasteiger partial charge < -0.3 is 4.74 Å². The van der Waals surface area contributed by atoms with Crippen molar-refractivity contribution in [3.8, 4) is 5.75 Å². The summed E-state index contributed by atoms with van der Waals surface area (Å²) in [4.78, 5) is 11.8. The molecule has 0 bridgehead atoms. The van der Waals surface area contributed by atoms with Crippen LogP contribution in [0.1, 0.15) is 31.7 Å². The second-order valence-electron chi connectivity index (χ2n) is 4.63. The minimum atomic E-state index is -0.927. The number of hydrogen-bond donors (Lipinski definition) is 0. The minimum absolute atomic E-state index is 0.301. The molecule has 17 heavy (non-hydrogen) atoms. The van der Waals surface area contributed by atoms with Crippen molar-refractivity contribution in [2.24, 2.45) is 5.92 Å². The number of rotatable bonds is 3. The first kappa shape index (κ1) is 12.7. The Labute approximate surface area is 111 Å². The predicted molar refractivity (Wildman–Crippen MR) is 68.7 cm³/mol. The van der Waals surface area contributed by atoms with Gasteiger partial charge in [-0.3, -0.25) is 4.79 Å². The van der Waals surface area contributed by atoms with Gasteiger partial charge in [-0.2, -0.15) is 0 Å². The van der Waals surface area contributed by atoms with Crippen LogP contribution in [0.3, 0.4) is 0 Å². The summed E-state index contributed by atoms with van der Waals surface area (Å²) >= 11 is 11.7. The maximum absolute atomic E-state index is 11.8. The molecule has 0 saturated heterocycles. The van der Waals surface area contributed by atoms with Gasteiger partial charge in [0.05, 0.1) is 5.92 Å². The van der Waals surface area contributed by atoms with Gasteiger partial charge in [-0.15, -0.1) is 23.2 Å². The highest BCUT2D eigenvalue weighted by molar-refractivity contribution is 6.52. The summed E-state index contributed by atoms with van der Waals surface area (Å²) in [6, 6.07) is 7.52. The van der Waals surface area contributed by atoms with E-state index in [1.807, 2.05) is 18.2 Å². The summed E-state index contributed by atoms with van der Waals surface area (Å²) in [6.07, 6.45) is 0.471. The third-order valence-electron chi connectivity index (χ3n) is 2.86. The van der Waals surface area contributed by atoms with Crippen molar-refractivity contribution >= 4 is 29.2 Å². The molecule has 4 heteroatoms. The number of benzene rings is 1. The average Bonchev–Trinajstić information content (AvgIpc) is 2.88. The lowest BCUT2D eigenvalue weighted by Gasteiger charge is -2.12. The lowest BCUT2D eigenvalue weighted by atomic mass is 10.0. The van der Waals surface area contributed by atoms with E-state index in [-0.39, 0.29) is 5.97 Å². The zero-order valence-corrected chi connectivity index (χ0v) is 11.3. The highest BCUT2D eigenvalue weighted by Gasteiger charge is 2.57. The standard InChI is InChI=1S/C13H14Cl2O2/c1-8(2)9-5-3-4-6-11(9)17-12(16)10-7-13(10,14)15/h3-6,8,10H,7H2,1-2H3. The van der Waals surface area contributed by atoms with Crippen molar-refractivity contribution in [2.45, 2.75) is 30.5 Å². The number of carbonyl (C=O) groups is 1. The van der Waals surface area contributed by atoms with Gasteiger partial charge in [-0.1, -0.05) is 32.0 Å². The highest BCUT2D eigenvalue weighted by atomic mass is 35.5. The van der Waals surface area contributed by atoms with Crippen LogP contribution in [0.25, 0.3) is 0 Å². The van der Waals surface area contributed by atoms with Crippen LogP contribution in [-0.2, 0) is 4.79 Å². The molecule has 0 aromatic heterocycles. The van der Waals surface area contributed by atoms with Crippen LogP contribution in [0, 0.1) is 5.92 Å². The summed E-state index contributed by atoms with van der Waals surface area (Å²) < 4.78 is 4.43. The van der Waals surface area contributed by atoms with Gasteiger partial charge in [0.1, 0.15) is 10.1 Å². The van der Waals surface area contributed by atoms with E-state index in [0.29, 0.717) is 18.1 Å². The Balaban J connectivity index is 2.11. The summed E-state index contributed by atoms with van der Waals surface area (Å²) in [5.41, 5.74) is 1.01. The molecule has 2 nitrogen and oxygen atoms in total. The largest absolute Gasteiger partial charge is 0.426 e. The molecular weight excluding hydrogens is 259 g/mol. The Hall–Kier alpha value is -0.730. The van der Waals surface area contributed by atoms with E-state index in [1.54, 1.807) is 6.07 Å². The molecule has 0 radical (unpaired) electrons. The second-order valence-corrected chi connectivity index (χ2v) is 6.17. The number of halogens is 2. The Kier molecular flexibility index (Phi) is 3.37. The van der Waals surface area contributed by atoms with E-state index < -0.39 is 10.3 Å². The first-order chi connectivity index (χ1) is 7.92. The fraction of sp³-hybridized carbons (Fsp3) is 0.462. The zero-order chi connectivity index (χ0) is 12.6.